The summed E-state index contributed by atoms with van der Waals surface area (Å²) in [6, 6.07) is 7.15. The van der Waals surface area contributed by atoms with Crippen molar-refractivity contribution < 1.29 is 4.52 Å². The maximum absolute atomic E-state index is 6.08. The molecule has 3 nitrogen and oxygen atoms in total. The fourth-order valence-corrected chi connectivity index (χ4v) is 4.68. The molecule has 128 valence electrons. The quantitative estimate of drug-likeness (QED) is 0.786. The van der Waals surface area contributed by atoms with Gasteiger partial charge in [-0.1, -0.05) is 61.9 Å². The van der Waals surface area contributed by atoms with Gasteiger partial charge in [-0.05, 0) is 48.3 Å². The van der Waals surface area contributed by atoms with E-state index in [4.69, 9.17) is 10.3 Å². The van der Waals surface area contributed by atoms with Gasteiger partial charge in [0.25, 0.3) is 0 Å². The van der Waals surface area contributed by atoms with Gasteiger partial charge >= 0.3 is 0 Å². The zero-order valence-corrected chi connectivity index (χ0v) is 14.5. The summed E-state index contributed by atoms with van der Waals surface area (Å²) in [5.41, 5.74) is 12.1. The second kappa shape index (κ2) is 7.00. The summed E-state index contributed by atoms with van der Waals surface area (Å²) in [6.07, 6.45) is 14.8. The molecule has 2 aliphatic carbocycles. The van der Waals surface area contributed by atoms with Crippen LogP contribution in [0.3, 0.4) is 0 Å². The molecule has 0 radical (unpaired) electrons. The molecule has 0 aliphatic heterocycles. The lowest BCUT2D eigenvalue weighted by atomic mass is 9.79. The summed E-state index contributed by atoms with van der Waals surface area (Å²) in [4.78, 5) is 0. The van der Waals surface area contributed by atoms with Gasteiger partial charge in [0, 0.05) is 5.92 Å². The molecular weight excluding hydrogens is 296 g/mol. The molecule has 0 bridgehead atoms. The van der Waals surface area contributed by atoms with E-state index in [1.54, 1.807) is 6.26 Å². The van der Waals surface area contributed by atoms with Gasteiger partial charge in [-0.25, -0.2) is 0 Å². The van der Waals surface area contributed by atoms with Crippen molar-refractivity contribution in [2.45, 2.75) is 70.1 Å². The number of anilines is 1. The molecule has 1 aromatic carbocycles. The molecule has 0 saturated heterocycles. The number of nitrogen functional groups attached to an aromatic ring is 1. The van der Waals surface area contributed by atoms with Crippen LogP contribution in [0.25, 0.3) is 0 Å². The van der Waals surface area contributed by atoms with Crippen molar-refractivity contribution in [3.8, 4) is 0 Å². The Morgan fingerprint density at radius 1 is 1.04 bits per heavy atom. The standard InChI is InChI=1S/C21H28N2O/c22-20-14-24-23-21(20)18-9-5-8-17-11-10-16(13-19(17)18)12-15-6-3-1-2-4-7-15/h10-11,13-15,18H,1-9,12,22H2. The molecule has 1 saturated carbocycles. The Morgan fingerprint density at radius 3 is 2.62 bits per heavy atom. The van der Waals surface area contributed by atoms with Gasteiger partial charge in [0.15, 0.2) is 0 Å². The van der Waals surface area contributed by atoms with Crippen molar-refractivity contribution in [2.24, 2.45) is 5.92 Å². The summed E-state index contributed by atoms with van der Waals surface area (Å²) >= 11 is 0. The van der Waals surface area contributed by atoms with E-state index < -0.39 is 0 Å². The number of hydrogen-bond acceptors (Lipinski definition) is 3. The SMILES string of the molecule is Nc1conc1C1CCCc2ccc(CC3CCCCCC3)cc21. The van der Waals surface area contributed by atoms with Crippen molar-refractivity contribution >= 4 is 5.69 Å². The van der Waals surface area contributed by atoms with Crippen LogP contribution >= 0.6 is 0 Å². The summed E-state index contributed by atoms with van der Waals surface area (Å²) in [6.45, 7) is 0. The Bertz CT molecular complexity index is 683. The molecule has 2 aliphatic rings. The lowest BCUT2D eigenvalue weighted by Gasteiger charge is -2.25. The molecule has 1 fully saturated rings. The summed E-state index contributed by atoms with van der Waals surface area (Å²) in [5, 5.41) is 4.20. The Hall–Kier alpha value is -1.77. The van der Waals surface area contributed by atoms with Crippen LogP contribution in [0.5, 0.6) is 0 Å². The molecular formula is C21H28N2O. The maximum Gasteiger partial charge on any atom is 0.147 e. The van der Waals surface area contributed by atoms with E-state index in [0.717, 1.165) is 18.0 Å². The normalized spacial score (nSPS) is 22.1. The van der Waals surface area contributed by atoms with Gasteiger partial charge in [0.2, 0.25) is 0 Å². The summed E-state index contributed by atoms with van der Waals surface area (Å²) < 4.78 is 5.10. The van der Waals surface area contributed by atoms with Crippen molar-refractivity contribution in [1.29, 1.82) is 0 Å². The van der Waals surface area contributed by atoms with E-state index in [-0.39, 0.29) is 0 Å². The lowest BCUT2D eigenvalue weighted by molar-refractivity contribution is 0.404. The highest BCUT2D eigenvalue weighted by Crippen LogP contribution is 2.39. The zero-order chi connectivity index (χ0) is 16.4. The average molecular weight is 324 g/mol. The first-order valence-electron chi connectivity index (χ1n) is 9.62. The van der Waals surface area contributed by atoms with Crippen LogP contribution in [0.2, 0.25) is 0 Å². The third-order valence-corrected chi connectivity index (χ3v) is 5.98. The minimum absolute atomic E-state index is 0.307. The van der Waals surface area contributed by atoms with Crippen molar-refractivity contribution in [2.75, 3.05) is 5.73 Å². The number of rotatable bonds is 3. The highest BCUT2D eigenvalue weighted by atomic mass is 16.5. The maximum atomic E-state index is 6.08. The number of benzene rings is 1. The predicted molar refractivity (Wildman–Crippen MR) is 97.0 cm³/mol. The Labute approximate surface area is 144 Å². The molecule has 2 N–H and O–H groups in total. The van der Waals surface area contributed by atoms with Crippen LogP contribution in [-0.2, 0) is 12.8 Å². The van der Waals surface area contributed by atoms with Crippen molar-refractivity contribution in [3.05, 3.63) is 46.8 Å². The van der Waals surface area contributed by atoms with Gasteiger partial charge < -0.3 is 10.3 Å². The van der Waals surface area contributed by atoms with Gasteiger partial charge in [0.05, 0.1) is 5.69 Å². The van der Waals surface area contributed by atoms with E-state index in [2.05, 4.69) is 23.4 Å². The molecule has 2 aromatic rings. The van der Waals surface area contributed by atoms with Crippen molar-refractivity contribution in [3.63, 3.8) is 0 Å². The van der Waals surface area contributed by atoms with E-state index in [9.17, 15) is 0 Å². The minimum Gasteiger partial charge on any atom is -0.395 e. The van der Waals surface area contributed by atoms with Crippen LogP contribution in [-0.4, -0.2) is 5.16 Å². The van der Waals surface area contributed by atoms with Crippen LogP contribution in [0.4, 0.5) is 5.69 Å². The molecule has 4 rings (SSSR count). The Morgan fingerprint density at radius 2 is 1.88 bits per heavy atom. The summed E-state index contributed by atoms with van der Waals surface area (Å²) in [7, 11) is 0. The van der Waals surface area contributed by atoms with E-state index in [1.165, 1.54) is 74.5 Å². The number of nitrogens with zero attached hydrogens (tertiary/aromatic N) is 1. The van der Waals surface area contributed by atoms with Gasteiger partial charge in [-0.2, -0.15) is 0 Å². The molecule has 1 heterocycles. The number of hydrogen-bond donors (Lipinski definition) is 1. The molecule has 24 heavy (non-hydrogen) atoms. The second-order valence-electron chi connectivity index (χ2n) is 7.69. The fourth-order valence-electron chi connectivity index (χ4n) is 4.68. The first kappa shape index (κ1) is 15.7. The smallest absolute Gasteiger partial charge is 0.147 e. The first-order valence-corrected chi connectivity index (χ1v) is 9.62. The highest BCUT2D eigenvalue weighted by Gasteiger charge is 2.26. The number of aryl methyl sites for hydroxylation is 1. The van der Waals surface area contributed by atoms with Crippen LogP contribution < -0.4 is 5.73 Å². The summed E-state index contributed by atoms with van der Waals surface area (Å²) in [5.74, 6) is 1.17. The first-order chi connectivity index (χ1) is 11.8. The number of fused-ring (bicyclic) bond motifs is 1. The molecule has 1 atom stereocenters. The van der Waals surface area contributed by atoms with Gasteiger partial charge in [0.1, 0.15) is 12.0 Å². The monoisotopic (exact) mass is 324 g/mol. The predicted octanol–water partition coefficient (Wildman–Crippen LogP) is 5.24. The Balaban J connectivity index is 1.59. The second-order valence-corrected chi connectivity index (χ2v) is 7.69. The zero-order valence-electron chi connectivity index (χ0n) is 14.5. The van der Waals surface area contributed by atoms with Crippen LogP contribution in [0.15, 0.2) is 29.0 Å². The lowest BCUT2D eigenvalue weighted by Crippen LogP contribution is -2.14. The number of aromatic nitrogens is 1. The third kappa shape index (κ3) is 3.22. The van der Waals surface area contributed by atoms with Crippen molar-refractivity contribution in [1.82, 2.24) is 5.16 Å². The largest absolute Gasteiger partial charge is 0.395 e. The molecule has 1 unspecified atom stereocenters. The molecule has 3 heteroatoms. The van der Waals surface area contributed by atoms with Crippen LogP contribution in [0.1, 0.15) is 79.7 Å². The Kier molecular flexibility index (Phi) is 4.59. The van der Waals surface area contributed by atoms with Crippen LogP contribution in [0, 0.1) is 5.92 Å². The topological polar surface area (TPSA) is 52.0 Å². The van der Waals surface area contributed by atoms with E-state index >= 15 is 0 Å². The number of nitrogens with two attached hydrogens (primary N) is 1. The van der Waals surface area contributed by atoms with E-state index in [1.807, 2.05) is 0 Å². The molecule has 0 spiro atoms. The van der Waals surface area contributed by atoms with Gasteiger partial charge in [-0.15, -0.1) is 0 Å². The van der Waals surface area contributed by atoms with Gasteiger partial charge in [-0.3, -0.25) is 0 Å². The molecule has 1 aromatic heterocycles. The minimum atomic E-state index is 0.307. The van der Waals surface area contributed by atoms with E-state index in [0.29, 0.717) is 11.6 Å². The fraction of sp³-hybridized carbons (Fsp3) is 0.571. The highest BCUT2D eigenvalue weighted by molar-refractivity contribution is 5.49. The average Bonchev–Trinajstić information content (AvgIpc) is 2.86. The molecule has 0 amide bonds. The third-order valence-electron chi connectivity index (χ3n) is 5.98.